The third-order valence-corrected chi connectivity index (χ3v) is 3.07. The lowest BCUT2D eigenvalue weighted by Crippen LogP contribution is -3.00. The molecular formula is C13H11ClN3S-. The first-order valence-corrected chi connectivity index (χ1v) is 5.82. The summed E-state index contributed by atoms with van der Waals surface area (Å²) in [5.74, 6) is 0. The van der Waals surface area contributed by atoms with Crippen LogP contribution in [0.15, 0.2) is 48.9 Å². The van der Waals surface area contributed by atoms with E-state index in [9.17, 15) is 0 Å². The Morgan fingerprint density at radius 3 is 2.72 bits per heavy atom. The largest absolute Gasteiger partial charge is 1.00 e. The topological polar surface area (TPSA) is 33.1 Å². The Morgan fingerprint density at radius 1 is 1.17 bits per heavy atom. The smallest absolute Gasteiger partial charge is 0.182 e. The number of fused-ring (bicyclic) bond motifs is 1. The second kappa shape index (κ2) is 5.33. The zero-order chi connectivity index (χ0) is 11.7. The lowest BCUT2D eigenvalue weighted by atomic mass is 10.1. The molecule has 0 saturated heterocycles. The molecule has 0 radical (unpaired) electrons. The maximum atomic E-state index is 5.29. The van der Waals surface area contributed by atoms with Crippen molar-refractivity contribution in [2.24, 2.45) is 0 Å². The highest BCUT2D eigenvalue weighted by Crippen LogP contribution is 2.14. The third-order valence-electron chi connectivity index (χ3n) is 2.78. The summed E-state index contributed by atoms with van der Waals surface area (Å²) in [6.07, 6.45) is 6.43. The van der Waals surface area contributed by atoms with Gasteiger partial charge in [-0.3, -0.25) is 9.38 Å². The molecule has 0 amide bonds. The van der Waals surface area contributed by atoms with E-state index in [0.29, 0.717) is 0 Å². The molecule has 0 aromatic carbocycles. The van der Waals surface area contributed by atoms with Crippen LogP contribution in [-0.2, 0) is 6.42 Å². The molecule has 3 nitrogen and oxygen atoms in total. The quantitative estimate of drug-likeness (QED) is 0.668. The van der Waals surface area contributed by atoms with Crippen LogP contribution in [0.3, 0.4) is 0 Å². The highest BCUT2D eigenvalue weighted by Gasteiger charge is 2.04. The summed E-state index contributed by atoms with van der Waals surface area (Å²) in [4.78, 5) is 7.28. The predicted molar refractivity (Wildman–Crippen MR) is 69.6 cm³/mol. The highest BCUT2D eigenvalue weighted by atomic mass is 35.5. The number of nitrogens with zero attached hydrogens (tertiary/aromatic N) is 2. The molecule has 5 heteroatoms. The van der Waals surface area contributed by atoms with Crippen LogP contribution in [0.2, 0.25) is 0 Å². The van der Waals surface area contributed by atoms with Crippen molar-refractivity contribution in [3.8, 4) is 0 Å². The van der Waals surface area contributed by atoms with Crippen molar-refractivity contribution in [3.63, 3.8) is 0 Å². The van der Waals surface area contributed by atoms with Gasteiger partial charge < -0.3 is 17.4 Å². The average molecular weight is 277 g/mol. The predicted octanol–water partition coefficient (Wildman–Crippen LogP) is -0.0133. The summed E-state index contributed by atoms with van der Waals surface area (Å²) in [7, 11) is 0. The summed E-state index contributed by atoms with van der Waals surface area (Å²) in [6.45, 7) is 0. The van der Waals surface area contributed by atoms with Gasteiger partial charge in [0.15, 0.2) is 4.77 Å². The van der Waals surface area contributed by atoms with Crippen LogP contribution in [0.1, 0.15) is 11.3 Å². The number of rotatable bonds is 2. The molecule has 0 fully saturated rings. The molecule has 3 rings (SSSR count). The van der Waals surface area contributed by atoms with E-state index in [1.165, 1.54) is 5.56 Å². The van der Waals surface area contributed by atoms with Crippen LogP contribution in [-0.4, -0.2) is 14.4 Å². The Hall–Kier alpha value is -1.65. The molecule has 3 aromatic heterocycles. The summed E-state index contributed by atoms with van der Waals surface area (Å²) in [5.41, 5.74) is 3.50. The number of hydrogen-bond donors (Lipinski definition) is 1. The van der Waals surface area contributed by atoms with Gasteiger partial charge in [-0.2, -0.15) is 0 Å². The minimum Gasteiger partial charge on any atom is -1.00 e. The van der Waals surface area contributed by atoms with Crippen molar-refractivity contribution in [2.45, 2.75) is 6.42 Å². The molecule has 18 heavy (non-hydrogen) atoms. The maximum absolute atomic E-state index is 5.29. The van der Waals surface area contributed by atoms with Crippen molar-refractivity contribution in [3.05, 3.63) is 65.0 Å². The first-order valence-electron chi connectivity index (χ1n) is 5.42. The summed E-state index contributed by atoms with van der Waals surface area (Å²) in [6, 6.07) is 10.1. The molecule has 0 saturated carbocycles. The van der Waals surface area contributed by atoms with Crippen LogP contribution in [0.5, 0.6) is 0 Å². The van der Waals surface area contributed by atoms with E-state index in [1.807, 2.05) is 47.3 Å². The molecule has 0 aliphatic rings. The normalized spacial score (nSPS) is 10.2. The monoisotopic (exact) mass is 276 g/mol. The fraction of sp³-hybridized carbons (Fsp3) is 0.0769. The van der Waals surface area contributed by atoms with Crippen molar-refractivity contribution in [1.29, 1.82) is 0 Å². The summed E-state index contributed by atoms with van der Waals surface area (Å²) in [5, 5.41) is 0. The maximum Gasteiger partial charge on any atom is 0.182 e. The van der Waals surface area contributed by atoms with Crippen molar-refractivity contribution in [2.75, 3.05) is 0 Å². The number of nitrogens with one attached hydrogen (secondary N) is 1. The van der Waals surface area contributed by atoms with E-state index in [4.69, 9.17) is 12.2 Å². The zero-order valence-electron chi connectivity index (χ0n) is 9.51. The van der Waals surface area contributed by atoms with Crippen molar-refractivity contribution < 1.29 is 12.4 Å². The van der Waals surface area contributed by atoms with Gasteiger partial charge in [0.1, 0.15) is 0 Å². The second-order valence-electron chi connectivity index (χ2n) is 3.90. The van der Waals surface area contributed by atoms with E-state index in [0.717, 1.165) is 22.4 Å². The van der Waals surface area contributed by atoms with Gasteiger partial charge in [-0.15, -0.1) is 0 Å². The molecule has 3 aromatic rings. The van der Waals surface area contributed by atoms with Gasteiger partial charge in [0.2, 0.25) is 0 Å². The van der Waals surface area contributed by atoms with Crippen LogP contribution < -0.4 is 12.4 Å². The van der Waals surface area contributed by atoms with Crippen LogP contribution in [0.25, 0.3) is 5.52 Å². The molecule has 0 bridgehead atoms. The van der Waals surface area contributed by atoms with E-state index < -0.39 is 0 Å². The molecule has 0 unspecified atom stereocenters. The number of hydrogen-bond acceptors (Lipinski definition) is 2. The summed E-state index contributed by atoms with van der Waals surface area (Å²) < 4.78 is 2.73. The molecule has 0 spiro atoms. The lowest BCUT2D eigenvalue weighted by Gasteiger charge is -1.99. The third kappa shape index (κ3) is 2.30. The van der Waals surface area contributed by atoms with Gasteiger partial charge in [-0.05, 0) is 42.0 Å². The Balaban J connectivity index is 0.00000120. The van der Waals surface area contributed by atoms with E-state index in [-0.39, 0.29) is 12.4 Å². The number of imidazole rings is 1. The SMILES string of the molecule is S=c1[nH]c(Cc2ccncc2)c2ccccn12.[Cl-]. The van der Waals surface area contributed by atoms with E-state index >= 15 is 0 Å². The van der Waals surface area contributed by atoms with Crippen LogP contribution in [0.4, 0.5) is 0 Å². The number of halogens is 1. The number of aromatic nitrogens is 3. The Labute approximate surface area is 116 Å². The number of aromatic amines is 1. The lowest BCUT2D eigenvalue weighted by molar-refractivity contribution is -0.00000345. The zero-order valence-corrected chi connectivity index (χ0v) is 11.1. The fourth-order valence-electron chi connectivity index (χ4n) is 1.96. The first kappa shape index (κ1) is 12.8. The standard InChI is InChI=1S/C13H11N3S.ClH/c17-13-15-11(9-10-4-6-14-7-5-10)12-3-1-2-8-16(12)13;/h1-8H,9H2,(H,15,17);1H/p-1. The fourth-order valence-corrected chi connectivity index (χ4v) is 2.24. The van der Waals surface area contributed by atoms with Crippen LogP contribution in [0, 0.1) is 4.77 Å². The van der Waals surface area contributed by atoms with Crippen molar-refractivity contribution in [1.82, 2.24) is 14.4 Å². The molecule has 0 atom stereocenters. The molecule has 0 aliphatic carbocycles. The molecular weight excluding hydrogens is 266 g/mol. The van der Waals surface area contributed by atoms with E-state index in [2.05, 4.69) is 16.0 Å². The van der Waals surface area contributed by atoms with Gasteiger partial charge in [-0.25, -0.2) is 0 Å². The van der Waals surface area contributed by atoms with Gasteiger partial charge in [-0.1, -0.05) is 6.07 Å². The minimum atomic E-state index is 0. The minimum absolute atomic E-state index is 0. The van der Waals surface area contributed by atoms with Crippen molar-refractivity contribution >= 4 is 17.7 Å². The van der Waals surface area contributed by atoms with Gasteiger partial charge in [0, 0.05) is 30.7 Å². The first-order chi connectivity index (χ1) is 8.34. The summed E-state index contributed by atoms with van der Waals surface area (Å²) >= 11 is 5.29. The average Bonchev–Trinajstić information content (AvgIpc) is 2.69. The van der Waals surface area contributed by atoms with Crippen LogP contribution >= 0.6 is 12.2 Å². The van der Waals surface area contributed by atoms with Gasteiger partial charge in [0.05, 0.1) is 5.52 Å². The highest BCUT2D eigenvalue weighted by molar-refractivity contribution is 7.71. The molecule has 0 aliphatic heterocycles. The Bertz CT molecular complexity index is 703. The molecule has 3 heterocycles. The number of H-pyrrole nitrogens is 1. The molecule has 92 valence electrons. The Morgan fingerprint density at radius 2 is 1.94 bits per heavy atom. The van der Waals surface area contributed by atoms with Gasteiger partial charge in [0.25, 0.3) is 0 Å². The van der Waals surface area contributed by atoms with E-state index in [1.54, 1.807) is 0 Å². The molecule has 1 N–H and O–H groups in total. The van der Waals surface area contributed by atoms with Gasteiger partial charge >= 0.3 is 0 Å². The number of pyridine rings is 2. The second-order valence-corrected chi connectivity index (χ2v) is 4.28. The Kier molecular flexibility index (Phi) is 3.79.